The molecule has 2 N–H and O–H groups in total. The molecule has 1 saturated carbocycles. The van der Waals surface area contributed by atoms with Gasteiger partial charge in [-0.05, 0) is 31.1 Å². The Morgan fingerprint density at radius 3 is 2.93 bits per heavy atom. The molecule has 1 aromatic heterocycles. The molecule has 2 fully saturated rings. The molecule has 0 aromatic carbocycles. The molecule has 30 heavy (non-hydrogen) atoms. The fourth-order valence-electron chi connectivity index (χ4n) is 3.87. The molecule has 2 aliphatic rings. The van der Waals surface area contributed by atoms with Gasteiger partial charge < -0.3 is 14.9 Å². The quantitative estimate of drug-likeness (QED) is 0.278. The molecule has 2 heterocycles. The number of carboxylic acid groups (broad SMARTS) is 1. The molecule has 10 heteroatoms. The van der Waals surface area contributed by atoms with Crippen LogP contribution >= 0.6 is 23.1 Å². The molecule has 1 saturated heterocycles. The summed E-state index contributed by atoms with van der Waals surface area (Å²) >= 11 is 2.65. The zero-order valence-corrected chi connectivity index (χ0v) is 18.3. The molecule has 0 radical (unpaired) electrons. The number of alkyl halides is 1. The lowest BCUT2D eigenvalue weighted by molar-refractivity contribution is -0.0147. The van der Waals surface area contributed by atoms with Crippen molar-refractivity contribution in [2.45, 2.75) is 55.0 Å². The van der Waals surface area contributed by atoms with E-state index in [4.69, 9.17) is 9.84 Å². The Balaban J connectivity index is 1.51. The number of halogens is 1. The number of aliphatic hydroxyl groups is 1. The van der Waals surface area contributed by atoms with Crippen LogP contribution in [0.25, 0.3) is 0 Å². The second-order valence-electron chi connectivity index (χ2n) is 7.68. The van der Waals surface area contributed by atoms with Gasteiger partial charge in [0.2, 0.25) is 0 Å². The SMILES string of the molecule is O=C(O)c1csc(SCCN2C(=O)OC[C@@H]2C=C[C@@H](O)C2(CCCCF)CCC2)n1. The Kier molecular flexibility index (Phi) is 8.13. The van der Waals surface area contributed by atoms with E-state index < -0.39 is 18.2 Å². The number of nitrogens with zero attached hydrogens (tertiary/aromatic N) is 2. The summed E-state index contributed by atoms with van der Waals surface area (Å²) in [7, 11) is 0. The number of carboxylic acids is 1. The molecule has 1 amide bonds. The second kappa shape index (κ2) is 10.6. The normalized spacial score (nSPS) is 21.6. The van der Waals surface area contributed by atoms with Gasteiger partial charge >= 0.3 is 12.1 Å². The standard InChI is InChI=1S/C20H27FN2O5S2/c21-9-2-1-6-20(7-3-8-20)16(24)5-4-14-12-28-19(27)23(14)10-11-29-18-22-15(13-30-18)17(25)26/h4-5,13-14,16,24H,1-3,6-12H2,(H,25,26)/t14-,16+/m0/s1. The summed E-state index contributed by atoms with van der Waals surface area (Å²) in [6.45, 7) is 0.343. The van der Waals surface area contributed by atoms with Crippen molar-refractivity contribution in [3.8, 4) is 0 Å². The third kappa shape index (κ3) is 5.53. The second-order valence-corrected chi connectivity index (χ2v) is 9.88. The number of unbranched alkanes of at least 4 members (excludes halogenated alkanes) is 1. The van der Waals surface area contributed by atoms with Crippen LogP contribution in [-0.2, 0) is 4.74 Å². The molecule has 1 aromatic rings. The summed E-state index contributed by atoms with van der Waals surface area (Å²) < 4.78 is 18.2. The van der Waals surface area contributed by atoms with Gasteiger partial charge in [-0.2, -0.15) is 0 Å². The van der Waals surface area contributed by atoms with E-state index in [-0.39, 0.29) is 30.4 Å². The molecular weight excluding hydrogens is 431 g/mol. The van der Waals surface area contributed by atoms with Crippen molar-refractivity contribution >= 4 is 35.2 Å². The third-order valence-electron chi connectivity index (χ3n) is 5.82. The number of carbonyl (C=O) groups is 2. The highest BCUT2D eigenvalue weighted by Gasteiger charge is 2.42. The van der Waals surface area contributed by atoms with E-state index in [0.29, 0.717) is 23.1 Å². The summed E-state index contributed by atoms with van der Waals surface area (Å²) in [6, 6.07) is -0.249. The first-order valence-electron chi connectivity index (χ1n) is 10.1. The van der Waals surface area contributed by atoms with Crippen molar-refractivity contribution in [1.29, 1.82) is 0 Å². The van der Waals surface area contributed by atoms with E-state index in [1.807, 2.05) is 6.08 Å². The lowest BCUT2D eigenvalue weighted by atomic mass is 9.62. The first kappa shape index (κ1) is 23.0. The van der Waals surface area contributed by atoms with Gasteiger partial charge in [0.1, 0.15) is 6.61 Å². The van der Waals surface area contributed by atoms with Crippen LogP contribution in [-0.4, -0.2) is 69.9 Å². The predicted molar refractivity (Wildman–Crippen MR) is 113 cm³/mol. The zero-order valence-electron chi connectivity index (χ0n) is 16.7. The number of hydrogen-bond donors (Lipinski definition) is 2. The number of ether oxygens (including phenoxy) is 1. The van der Waals surface area contributed by atoms with E-state index in [1.54, 1.807) is 11.0 Å². The van der Waals surface area contributed by atoms with Crippen LogP contribution in [0.5, 0.6) is 0 Å². The number of aliphatic hydroxyl groups excluding tert-OH is 1. The Bertz CT molecular complexity index is 768. The minimum absolute atomic E-state index is 0.0225. The Hall–Kier alpha value is -1.65. The number of thioether (sulfide) groups is 1. The number of aromatic carboxylic acids is 1. The van der Waals surface area contributed by atoms with Crippen LogP contribution in [0.3, 0.4) is 0 Å². The van der Waals surface area contributed by atoms with Gasteiger partial charge in [-0.15, -0.1) is 11.3 Å². The fraction of sp³-hybridized carbons (Fsp3) is 0.650. The summed E-state index contributed by atoms with van der Waals surface area (Å²) in [5.41, 5.74) is -0.142. The molecule has 0 unspecified atom stereocenters. The number of hydrogen-bond acceptors (Lipinski definition) is 7. The Labute approximate surface area is 183 Å². The number of thiazole rings is 1. The Morgan fingerprint density at radius 2 is 2.30 bits per heavy atom. The molecule has 3 rings (SSSR count). The number of amides is 1. The molecule has 0 bridgehead atoms. The molecule has 0 spiro atoms. The van der Waals surface area contributed by atoms with Crippen LogP contribution < -0.4 is 0 Å². The van der Waals surface area contributed by atoms with Crippen molar-refractivity contribution in [1.82, 2.24) is 9.88 Å². The number of rotatable bonds is 12. The van der Waals surface area contributed by atoms with Gasteiger partial charge in [0.05, 0.1) is 18.8 Å². The first-order chi connectivity index (χ1) is 14.4. The zero-order chi connectivity index (χ0) is 21.6. The van der Waals surface area contributed by atoms with Gasteiger partial charge in [-0.25, -0.2) is 14.6 Å². The topological polar surface area (TPSA) is 100.0 Å². The lowest BCUT2D eigenvalue weighted by Gasteiger charge is -2.45. The average Bonchev–Trinajstić information content (AvgIpc) is 3.30. The average molecular weight is 459 g/mol. The van der Waals surface area contributed by atoms with E-state index in [9.17, 15) is 19.1 Å². The van der Waals surface area contributed by atoms with Gasteiger partial charge in [0.25, 0.3) is 0 Å². The van der Waals surface area contributed by atoms with Crippen molar-refractivity contribution in [2.24, 2.45) is 5.41 Å². The van der Waals surface area contributed by atoms with Crippen molar-refractivity contribution in [3.05, 3.63) is 23.2 Å². The van der Waals surface area contributed by atoms with Crippen LogP contribution in [0.2, 0.25) is 0 Å². The highest BCUT2D eigenvalue weighted by atomic mass is 32.2. The van der Waals surface area contributed by atoms with Crippen LogP contribution in [0.1, 0.15) is 49.0 Å². The van der Waals surface area contributed by atoms with Gasteiger partial charge in [-0.1, -0.05) is 36.8 Å². The highest BCUT2D eigenvalue weighted by Crippen LogP contribution is 2.48. The number of carbonyl (C=O) groups excluding carboxylic acids is 1. The largest absolute Gasteiger partial charge is 0.476 e. The molecule has 7 nitrogen and oxygen atoms in total. The molecular formula is C20H27FN2O5S2. The summed E-state index contributed by atoms with van der Waals surface area (Å²) in [5.74, 6) is -0.499. The van der Waals surface area contributed by atoms with Crippen molar-refractivity contribution in [3.63, 3.8) is 0 Å². The van der Waals surface area contributed by atoms with Crippen LogP contribution in [0.4, 0.5) is 9.18 Å². The van der Waals surface area contributed by atoms with Gasteiger partial charge in [0, 0.05) is 17.7 Å². The smallest absolute Gasteiger partial charge is 0.410 e. The number of cyclic esters (lactones) is 1. The highest BCUT2D eigenvalue weighted by molar-refractivity contribution is 8.01. The van der Waals surface area contributed by atoms with Crippen molar-refractivity contribution in [2.75, 3.05) is 25.6 Å². The van der Waals surface area contributed by atoms with Crippen LogP contribution in [0.15, 0.2) is 21.9 Å². The van der Waals surface area contributed by atoms with Gasteiger partial charge in [0.15, 0.2) is 10.0 Å². The maximum absolute atomic E-state index is 12.4. The third-order valence-corrected chi connectivity index (χ3v) is 7.82. The van der Waals surface area contributed by atoms with E-state index in [2.05, 4.69) is 4.98 Å². The minimum Gasteiger partial charge on any atom is -0.476 e. The van der Waals surface area contributed by atoms with Crippen LogP contribution in [0, 0.1) is 5.41 Å². The number of aromatic nitrogens is 1. The molecule has 1 aliphatic heterocycles. The van der Waals surface area contributed by atoms with E-state index in [0.717, 1.165) is 32.1 Å². The maximum Gasteiger partial charge on any atom is 0.410 e. The first-order valence-corrected chi connectivity index (χ1v) is 12.0. The fourth-order valence-corrected chi connectivity index (χ4v) is 5.68. The predicted octanol–water partition coefficient (Wildman–Crippen LogP) is 3.98. The minimum atomic E-state index is -1.06. The summed E-state index contributed by atoms with van der Waals surface area (Å²) in [5, 5.41) is 21.1. The lowest BCUT2D eigenvalue weighted by Crippen LogP contribution is -2.41. The maximum atomic E-state index is 12.4. The molecule has 166 valence electrons. The molecule has 2 atom stereocenters. The van der Waals surface area contributed by atoms with Gasteiger partial charge in [-0.3, -0.25) is 9.29 Å². The summed E-state index contributed by atoms with van der Waals surface area (Å²) in [6.07, 6.45) is 7.67. The van der Waals surface area contributed by atoms with Crippen molar-refractivity contribution < 1.29 is 28.9 Å². The summed E-state index contributed by atoms with van der Waals surface area (Å²) in [4.78, 5) is 28.6. The van der Waals surface area contributed by atoms with E-state index in [1.165, 1.54) is 28.5 Å². The van der Waals surface area contributed by atoms with E-state index >= 15 is 0 Å². The monoisotopic (exact) mass is 458 g/mol. The Morgan fingerprint density at radius 1 is 1.50 bits per heavy atom. The molecule has 1 aliphatic carbocycles.